The van der Waals surface area contributed by atoms with Crippen molar-refractivity contribution in [2.24, 2.45) is 0 Å². The Morgan fingerprint density at radius 1 is 0.404 bits per heavy atom. The Labute approximate surface area is 304 Å². The second-order valence-corrected chi connectivity index (χ2v) is 15.3. The first-order chi connectivity index (χ1) is 25.5. The van der Waals surface area contributed by atoms with Crippen LogP contribution in [0.3, 0.4) is 0 Å². The first kappa shape index (κ1) is 29.9. The van der Waals surface area contributed by atoms with Crippen molar-refractivity contribution in [3.63, 3.8) is 0 Å². The molecule has 0 radical (unpaired) electrons. The minimum absolute atomic E-state index is 0.0269. The van der Waals surface area contributed by atoms with Gasteiger partial charge in [0.05, 0.1) is 11.6 Å². The Balaban J connectivity index is 1.12. The van der Waals surface area contributed by atoms with Gasteiger partial charge < -0.3 is 0 Å². The highest BCUT2D eigenvalue weighted by Crippen LogP contribution is 2.62. The molecule has 248 valence electrons. The van der Waals surface area contributed by atoms with Crippen LogP contribution in [-0.4, -0.2) is 0 Å². The van der Waals surface area contributed by atoms with E-state index in [1.807, 2.05) is 0 Å². The molecule has 11 rings (SSSR count). The van der Waals surface area contributed by atoms with E-state index in [2.05, 4.69) is 200 Å². The van der Waals surface area contributed by atoms with Crippen molar-refractivity contribution in [1.82, 2.24) is 10.6 Å². The summed E-state index contributed by atoms with van der Waals surface area (Å²) in [6.45, 7) is 4.77. The zero-order valence-electron chi connectivity index (χ0n) is 29.3. The van der Waals surface area contributed by atoms with Crippen molar-refractivity contribution in [1.29, 1.82) is 0 Å². The van der Waals surface area contributed by atoms with Gasteiger partial charge in [0.2, 0.25) is 0 Å². The lowest BCUT2D eigenvalue weighted by molar-refractivity contribution is 0.116. The summed E-state index contributed by atoms with van der Waals surface area (Å²) in [5.74, 6) is 0. The van der Waals surface area contributed by atoms with E-state index in [4.69, 9.17) is 0 Å². The highest BCUT2D eigenvalue weighted by Gasteiger charge is 2.54. The number of fused-ring (bicyclic) bond motifs is 12. The maximum atomic E-state index is 4.12. The van der Waals surface area contributed by atoms with Gasteiger partial charge in [-0.05, 0) is 94.9 Å². The van der Waals surface area contributed by atoms with Gasteiger partial charge in [0.25, 0.3) is 0 Å². The van der Waals surface area contributed by atoms with Gasteiger partial charge in [-0.1, -0.05) is 178 Å². The second-order valence-electron chi connectivity index (χ2n) is 15.3. The molecule has 8 aromatic carbocycles. The molecule has 3 aliphatic rings. The third-order valence-corrected chi connectivity index (χ3v) is 12.5. The van der Waals surface area contributed by atoms with Crippen LogP contribution >= 0.6 is 0 Å². The summed E-state index contributed by atoms with van der Waals surface area (Å²) in [4.78, 5) is 0. The fraction of sp³-hybridized carbons (Fsp3) is 0.120. The van der Waals surface area contributed by atoms with Gasteiger partial charge >= 0.3 is 0 Å². The van der Waals surface area contributed by atoms with Crippen molar-refractivity contribution < 1.29 is 0 Å². The van der Waals surface area contributed by atoms with E-state index in [1.54, 1.807) is 0 Å². The lowest BCUT2D eigenvalue weighted by atomic mass is 9.55. The highest BCUT2D eigenvalue weighted by atomic mass is 15.4. The summed E-state index contributed by atoms with van der Waals surface area (Å²) in [5.41, 5.74) is 13.5. The molecule has 1 saturated heterocycles. The predicted molar refractivity (Wildman–Crippen MR) is 214 cm³/mol. The fourth-order valence-corrected chi connectivity index (χ4v) is 10.2. The number of hydrogen-bond donors (Lipinski definition) is 2. The quantitative estimate of drug-likeness (QED) is 0.183. The Hall–Kier alpha value is -5.80. The zero-order valence-corrected chi connectivity index (χ0v) is 29.3. The molecule has 0 amide bonds. The molecule has 1 heterocycles. The lowest BCUT2D eigenvalue weighted by Gasteiger charge is -2.52. The number of hydrogen-bond acceptors (Lipinski definition) is 2. The summed E-state index contributed by atoms with van der Waals surface area (Å²) in [7, 11) is 0. The van der Waals surface area contributed by atoms with Crippen LogP contribution < -0.4 is 10.6 Å². The Kier molecular flexibility index (Phi) is 6.10. The molecular formula is C50H38N2. The van der Waals surface area contributed by atoms with Crippen LogP contribution in [0.2, 0.25) is 0 Å². The summed E-state index contributed by atoms with van der Waals surface area (Å²) < 4.78 is 0. The van der Waals surface area contributed by atoms with Crippen LogP contribution in [0.1, 0.15) is 70.1 Å². The first-order valence-electron chi connectivity index (χ1n) is 18.5. The Morgan fingerprint density at radius 2 is 0.942 bits per heavy atom. The van der Waals surface area contributed by atoms with Crippen molar-refractivity contribution >= 4 is 21.5 Å². The van der Waals surface area contributed by atoms with E-state index in [0.29, 0.717) is 0 Å². The molecule has 1 spiro atoms. The molecule has 2 aliphatic carbocycles. The molecule has 0 atom stereocenters. The SMILES string of the molecule is CC1(C)c2ccccc2C2(c3ccccc3-c3cc(C4(c5ccccc5)NC(c5cc6ccccc6c6ccccc56)N4)ccc32)c2ccccc21. The second kappa shape index (κ2) is 10.6. The Bertz CT molecular complexity index is 2680. The average Bonchev–Trinajstić information content (AvgIpc) is 3.48. The van der Waals surface area contributed by atoms with Gasteiger partial charge in [0.15, 0.2) is 0 Å². The molecule has 8 aromatic rings. The third kappa shape index (κ3) is 3.76. The molecule has 1 fully saturated rings. The van der Waals surface area contributed by atoms with E-state index in [-0.39, 0.29) is 11.6 Å². The molecule has 2 heteroatoms. The molecule has 0 unspecified atom stereocenters. The van der Waals surface area contributed by atoms with Crippen LogP contribution in [0.4, 0.5) is 0 Å². The van der Waals surface area contributed by atoms with Crippen LogP contribution in [0.5, 0.6) is 0 Å². The minimum Gasteiger partial charge on any atom is -0.272 e. The highest BCUT2D eigenvalue weighted by molar-refractivity contribution is 6.09. The van der Waals surface area contributed by atoms with E-state index < -0.39 is 11.1 Å². The maximum absolute atomic E-state index is 4.12. The van der Waals surface area contributed by atoms with E-state index >= 15 is 0 Å². The standard InChI is InChI=1S/C50H38N2/c1-48(2)43-24-12-14-26-45(43)49(46-27-15-13-25-44(46)48)41-23-11-10-22-38(41)39-31-34(28-29-42(39)49)50(33-17-4-3-5-18-33)51-47(52-50)40-30-32-16-6-7-19-35(32)36-20-8-9-21-37(36)40/h3-31,47,51-52H,1-2H3. The molecule has 0 saturated carbocycles. The van der Waals surface area contributed by atoms with Crippen molar-refractivity contribution in [2.75, 3.05) is 0 Å². The maximum Gasteiger partial charge on any atom is 0.124 e. The molecule has 2 nitrogen and oxygen atoms in total. The van der Waals surface area contributed by atoms with Gasteiger partial charge in [-0.15, -0.1) is 0 Å². The Morgan fingerprint density at radius 3 is 1.65 bits per heavy atom. The number of nitrogens with one attached hydrogen (secondary N) is 2. The van der Waals surface area contributed by atoms with Crippen molar-refractivity contribution in [3.8, 4) is 11.1 Å². The van der Waals surface area contributed by atoms with Gasteiger partial charge in [0, 0.05) is 5.41 Å². The lowest BCUT2D eigenvalue weighted by Crippen LogP contribution is -2.70. The first-order valence-corrected chi connectivity index (χ1v) is 18.5. The largest absolute Gasteiger partial charge is 0.272 e. The van der Waals surface area contributed by atoms with E-state index in [0.717, 1.165) is 0 Å². The third-order valence-electron chi connectivity index (χ3n) is 12.5. The molecule has 0 bridgehead atoms. The van der Waals surface area contributed by atoms with Crippen molar-refractivity contribution in [2.45, 2.75) is 36.5 Å². The van der Waals surface area contributed by atoms with Gasteiger partial charge in [-0.3, -0.25) is 10.6 Å². The topological polar surface area (TPSA) is 24.1 Å². The van der Waals surface area contributed by atoms with Crippen LogP contribution in [0.15, 0.2) is 176 Å². The summed E-state index contributed by atoms with van der Waals surface area (Å²) >= 11 is 0. The monoisotopic (exact) mass is 666 g/mol. The van der Waals surface area contributed by atoms with Gasteiger partial charge in [-0.25, -0.2) is 0 Å². The van der Waals surface area contributed by atoms with Gasteiger partial charge in [-0.2, -0.15) is 0 Å². The van der Waals surface area contributed by atoms with Crippen LogP contribution in [0.25, 0.3) is 32.7 Å². The fourth-order valence-electron chi connectivity index (χ4n) is 10.2. The van der Waals surface area contributed by atoms with Crippen LogP contribution in [-0.2, 0) is 16.5 Å². The van der Waals surface area contributed by atoms with Crippen LogP contribution in [0, 0.1) is 0 Å². The van der Waals surface area contributed by atoms with Crippen molar-refractivity contribution in [3.05, 3.63) is 226 Å². The molecule has 2 N–H and O–H groups in total. The average molecular weight is 667 g/mol. The number of benzene rings is 8. The molecule has 0 aromatic heterocycles. The van der Waals surface area contributed by atoms with Gasteiger partial charge in [0.1, 0.15) is 5.66 Å². The normalized spacial score (nSPS) is 20.2. The van der Waals surface area contributed by atoms with E-state index in [9.17, 15) is 0 Å². The number of rotatable bonds is 3. The summed E-state index contributed by atoms with van der Waals surface area (Å²) in [5, 5.41) is 13.3. The smallest absolute Gasteiger partial charge is 0.124 e. The minimum atomic E-state index is -0.567. The van der Waals surface area contributed by atoms with E-state index in [1.165, 1.54) is 82.7 Å². The summed E-state index contributed by atoms with van der Waals surface area (Å²) in [6.07, 6.45) is -0.0269. The molecule has 52 heavy (non-hydrogen) atoms. The molecular weight excluding hydrogens is 629 g/mol. The molecule has 1 aliphatic heterocycles. The zero-order chi connectivity index (χ0) is 34.7. The summed E-state index contributed by atoms with van der Waals surface area (Å²) in [6, 6.07) is 65.5. The predicted octanol–water partition coefficient (Wildman–Crippen LogP) is 11.1.